The predicted octanol–water partition coefficient (Wildman–Crippen LogP) is 12.0. The van der Waals surface area contributed by atoms with Crippen molar-refractivity contribution in [2.75, 3.05) is 52.5 Å². The summed E-state index contributed by atoms with van der Waals surface area (Å²) in [6.45, 7) is 12.4. The van der Waals surface area contributed by atoms with Crippen molar-refractivity contribution >= 4 is 12.1 Å². The highest BCUT2D eigenvalue weighted by Crippen LogP contribution is 2.13. The van der Waals surface area contributed by atoms with Gasteiger partial charge in [0.05, 0.1) is 19.8 Å². The summed E-state index contributed by atoms with van der Waals surface area (Å²) in [5.74, 6) is -0.0398. The first-order chi connectivity index (χ1) is 24.6. The maximum atomic E-state index is 12.9. The number of carbonyl (C=O) groups is 2. The van der Waals surface area contributed by atoms with Crippen LogP contribution in [0.2, 0.25) is 0 Å². The van der Waals surface area contributed by atoms with Crippen LogP contribution in [0.1, 0.15) is 213 Å². The molecule has 0 aromatic heterocycles. The maximum absolute atomic E-state index is 12.9. The second kappa shape index (κ2) is 40.4. The van der Waals surface area contributed by atoms with Crippen LogP contribution in [0.4, 0.5) is 4.79 Å². The molecule has 1 amide bonds. The summed E-state index contributed by atoms with van der Waals surface area (Å²) in [6.07, 6.45) is 35.1. The molecule has 0 atom stereocenters. The van der Waals surface area contributed by atoms with Crippen LogP contribution in [0.15, 0.2) is 0 Å². The maximum Gasteiger partial charge on any atom is 0.409 e. The number of rotatable bonds is 40. The van der Waals surface area contributed by atoms with Gasteiger partial charge in [-0.15, -0.1) is 0 Å². The van der Waals surface area contributed by atoms with Crippen molar-refractivity contribution in [2.24, 2.45) is 0 Å². The van der Waals surface area contributed by atoms with E-state index in [9.17, 15) is 14.7 Å². The second-order valence-corrected chi connectivity index (χ2v) is 14.8. The Labute approximate surface area is 311 Å². The quantitative estimate of drug-likeness (QED) is 0.0504. The monoisotopic (exact) mass is 711 g/mol. The number of aliphatic hydroxyl groups is 1. The van der Waals surface area contributed by atoms with E-state index in [1.807, 2.05) is 4.90 Å². The molecule has 0 spiro atoms. The van der Waals surface area contributed by atoms with Gasteiger partial charge >= 0.3 is 12.1 Å². The van der Waals surface area contributed by atoms with E-state index in [1.165, 1.54) is 109 Å². The van der Waals surface area contributed by atoms with Gasteiger partial charge in [0, 0.05) is 26.1 Å². The van der Waals surface area contributed by atoms with E-state index < -0.39 is 0 Å². The highest BCUT2D eigenvalue weighted by molar-refractivity contribution is 5.69. The number of hydrogen-bond donors (Lipinski definition) is 1. The number of carbonyl (C=O) groups excluding carboxylic acids is 2. The van der Waals surface area contributed by atoms with Crippen LogP contribution in [0.5, 0.6) is 0 Å². The van der Waals surface area contributed by atoms with Gasteiger partial charge in [-0.2, -0.15) is 0 Å². The van der Waals surface area contributed by atoms with Crippen LogP contribution in [0, 0.1) is 0 Å². The fraction of sp³-hybridized carbons (Fsp3) is 0.953. The standard InChI is InChI=1S/C43H86N2O5/c1-4-7-10-13-16-17-18-20-26-33-42(47)49-40-32-25-28-35-44(38-39-46)34-27-21-19-24-31-41-50-43(48)45(36-29-22-14-11-8-5-2)37-30-23-15-12-9-6-3/h46H,4-41H2,1-3H3. The van der Waals surface area contributed by atoms with Gasteiger partial charge in [0.25, 0.3) is 0 Å². The zero-order valence-electron chi connectivity index (χ0n) is 33.8. The van der Waals surface area contributed by atoms with Gasteiger partial charge in [-0.25, -0.2) is 4.79 Å². The minimum atomic E-state index is -0.112. The van der Waals surface area contributed by atoms with Crippen LogP contribution in [-0.4, -0.2) is 79.5 Å². The lowest BCUT2D eigenvalue weighted by molar-refractivity contribution is -0.143. The van der Waals surface area contributed by atoms with E-state index in [0.29, 0.717) is 19.6 Å². The Kier molecular flexibility index (Phi) is 39.3. The summed E-state index contributed by atoms with van der Waals surface area (Å²) >= 11 is 0. The number of ether oxygens (including phenoxy) is 2. The van der Waals surface area contributed by atoms with E-state index in [2.05, 4.69) is 25.7 Å². The van der Waals surface area contributed by atoms with Gasteiger partial charge in [-0.3, -0.25) is 4.79 Å². The molecule has 0 aliphatic rings. The molecule has 0 aromatic rings. The molecule has 0 rings (SSSR count). The Morgan fingerprint density at radius 3 is 1.24 bits per heavy atom. The Balaban J connectivity index is 3.94. The van der Waals surface area contributed by atoms with Crippen molar-refractivity contribution in [2.45, 2.75) is 213 Å². The smallest absolute Gasteiger partial charge is 0.409 e. The molecule has 0 saturated heterocycles. The van der Waals surface area contributed by atoms with Crippen LogP contribution in [-0.2, 0) is 14.3 Å². The van der Waals surface area contributed by atoms with Crippen molar-refractivity contribution in [1.82, 2.24) is 9.80 Å². The predicted molar refractivity (Wildman–Crippen MR) is 213 cm³/mol. The number of aliphatic hydroxyl groups excluding tert-OH is 1. The zero-order valence-corrected chi connectivity index (χ0v) is 33.8. The highest BCUT2D eigenvalue weighted by Gasteiger charge is 2.14. The van der Waals surface area contributed by atoms with Crippen molar-refractivity contribution in [3.05, 3.63) is 0 Å². The molecule has 0 fully saturated rings. The molecule has 0 bridgehead atoms. The summed E-state index contributed by atoms with van der Waals surface area (Å²) in [7, 11) is 0. The largest absolute Gasteiger partial charge is 0.466 e. The Morgan fingerprint density at radius 1 is 0.420 bits per heavy atom. The van der Waals surface area contributed by atoms with Crippen LogP contribution < -0.4 is 0 Å². The Hall–Kier alpha value is -1.34. The first-order valence-electron chi connectivity index (χ1n) is 22.0. The molecule has 0 radical (unpaired) electrons. The Bertz CT molecular complexity index is 691. The summed E-state index contributed by atoms with van der Waals surface area (Å²) < 4.78 is 11.2. The van der Waals surface area contributed by atoms with Gasteiger partial charge in [-0.05, 0) is 64.5 Å². The topological polar surface area (TPSA) is 79.3 Å². The molecule has 0 heterocycles. The number of hydrogen-bond acceptors (Lipinski definition) is 6. The average molecular weight is 711 g/mol. The van der Waals surface area contributed by atoms with E-state index in [1.54, 1.807) is 0 Å². The SMILES string of the molecule is CCCCCCCCCCCC(=O)OCCCCCN(CCO)CCCCCCCOC(=O)N(CCCCCCCC)CCCCCCCC. The third-order valence-corrected chi connectivity index (χ3v) is 9.95. The lowest BCUT2D eigenvalue weighted by Gasteiger charge is -2.22. The molecule has 0 unspecified atom stereocenters. The van der Waals surface area contributed by atoms with Crippen LogP contribution in [0.3, 0.4) is 0 Å². The first-order valence-corrected chi connectivity index (χ1v) is 22.0. The molecule has 0 aliphatic carbocycles. The van der Waals surface area contributed by atoms with Crippen molar-refractivity contribution in [3.63, 3.8) is 0 Å². The van der Waals surface area contributed by atoms with Crippen LogP contribution >= 0.6 is 0 Å². The third-order valence-electron chi connectivity index (χ3n) is 9.95. The van der Waals surface area contributed by atoms with Gasteiger partial charge in [0.1, 0.15) is 0 Å². The molecule has 7 nitrogen and oxygen atoms in total. The van der Waals surface area contributed by atoms with Crippen molar-refractivity contribution in [1.29, 1.82) is 0 Å². The van der Waals surface area contributed by atoms with Gasteiger partial charge in [-0.1, -0.05) is 156 Å². The van der Waals surface area contributed by atoms with Gasteiger partial charge in [0.2, 0.25) is 0 Å². The average Bonchev–Trinajstić information content (AvgIpc) is 3.11. The molecule has 0 aromatic carbocycles. The first kappa shape index (κ1) is 48.7. The van der Waals surface area contributed by atoms with Gasteiger partial charge < -0.3 is 24.4 Å². The highest BCUT2D eigenvalue weighted by atomic mass is 16.6. The fourth-order valence-electron chi connectivity index (χ4n) is 6.61. The number of unbranched alkanes of at least 4 members (excludes halogenated alkanes) is 24. The lowest BCUT2D eigenvalue weighted by atomic mass is 10.1. The minimum Gasteiger partial charge on any atom is -0.466 e. The summed E-state index contributed by atoms with van der Waals surface area (Å²) in [4.78, 5) is 29.2. The molecule has 298 valence electrons. The zero-order chi connectivity index (χ0) is 36.6. The Morgan fingerprint density at radius 2 is 0.780 bits per heavy atom. The third kappa shape index (κ3) is 35.1. The lowest BCUT2D eigenvalue weighted by Crippen LogP contribution is -2.33. The second-order valence-electron chi connectivity index (χ2n) is 14.8. The molecular weight excluding hydrogens is 624 g/mol. The molecule has 0 saturated carbocycles. The molecule has 0 aliphatic heterocycles. The fourth-order valence-corrected chi connectivity index (χ4v) is 6.61. The summed E-state index contributed by atoms with van der Waals surface area (Å²) in [5.41, 5.74) is 0. The van der Waals surface area contributed by atoms with E-state index in [-0.39, 0.29) is 18.7 Å². The minimum absolute atomic E-state index is 0.0398. The van der Waals surface area contributed by atoms with Crippen molar-refractivity contribution < 1.29 is 24.2 Å². The normalized spacial score (nSPS) is 11.4. The molecule has 50 heavy (non-hydrogen) atoms. The van der Waals surface area contributed by atoms with Crippen molar-refractivity contribution in [3.8, 4) is 0 Å². The molecule has 1 N–H and O–H groups in total. The van der Waals surface area contributed by atoms with Gasteiger partial charge in [0.15, 0.2) is 0 Å². The molecule has 7 heteroatoms. The van der Waals surface area contributed by atoms with Crippen LogP contribution in [0.25, 0.3) is 0 Å². The number of esters is 1. The summed E-state index contributed by atoms with van der Waals surface area (Å²) in [5, 5.41) is 9.52. The summed E-state index contributed by atoms with van der Waals surface area (Å²) in [6, 6.07) is 0. The molecular formula is C43H86N2O5. The number of nitrogens with zero attached hydrogens (tertiary/aromatic N) is 2. The van der Waals surface area contributed by atoms with E-state index in [4.69, 9.17) is 9.47 Å². The van der Waals surface area contributed by atoms with E-state index in [0.717, 1.165) is 110 Å². The number of amides is 1. The van der Waals surface area contributed by atoms with E-state index >= 15 is 0 Å².